The fraction of sp³-hybridized carbons (Fsp3) is 0.172. The van der Waals surface area contributed by atoms with Crippen molar-refractivity contribution in [3.63, 3.8) is 0 Å². The maximum Gasteiger partial charge on any atom is 0.319 e. The third-order valence-corrected chi connectivity index (χ3v) is 10.7. The highest BCUT2D eigenvalue weighted by molar-refractivity contribution is 7.00. The third-order valence-electron chi connectivity index (χ3n) is 5.76. The van der Waals surface area contributed by atoms with Crippen molar-refractivity contribution in [1.82, 2.24) is 0 Å². The lowest BCUT2D eigenvalue weighted by Crippen LogP contribution is -2.68. The maximum atomic E-state index is 7.04. The van der Waals surface area contributed by atoms with Gasteiger partial charge in [-0.3, -0.25) is 0 Å². The summed E-state index contributed by atoms with van der Waals surface area (Å²) < 4.78 is 13.0. The van der Waals surface area contributed by atoms with Crippen LogP contribution in [0.5, 0.6) is 11.5 Å². The van der Waals surface area contributed by atoms with Crippen molar-refractivity contribution < 1.29 is 9.16 Å². The second kappa shape index (κ2) is 9.45. The zero-order valence-electron chi connectivity index (χ0n) is 19.0. The van der Waals surface area contributed by atoms with E-state index in [0.29, 0.717) is 6.61 Å². The summed E-state index contributed by atoms with van der Waals surface area (Å²) in [4.78, 5) is 0. The van der Waals surface area contributed by atoms with Crippen molar-refractivity contribution in [2.45, 2.75) is 32.4 Å². The van der Waals surface area contributed by atoms with Crippen LogP contribution in [0.25, 0.3) is 0 Å². The molecule has 4 aromatic rings. The molecule has 0 aliphatic carbocycles. The third kappa shape index (κ3) is 4.63. The molecule has 4 rings (SSSR count). The first-order chi connectivity index (χ1) is 15.5. The molecule has 32 heavy (non-hydrogen) atoms. The molecule has 3 heteroatoms. The summed E-state index contributed by atoms with van der Waals surface area (Å²) in [5.74, 6) is 1.70. The average Bonchev–Trinajstić information content (AvgIpc) is 2.83. The van der Waals surface area contributed by atoms with E-state index < -0.39 is 8.32 Å². The molecular weight excluding hydrogens is 408 g/mol. The van der Waals surface area contributed by atoms with E-state index in [1.54, 1.807) is 0 Å². The van der Waals surface area contributed by atoms with Gasteiger partial charge in [0.15, 0.2) is 0 Å². The first kappa shape index (κ1) is 21.9. The standard InChI is InChI=1S/C29H30O2Si/c1-29(2,3)32(27-15-9-5-10-16-27,28-17-11-6-12-18-28)31-26-21-19-25(20-22-26)30-23-24-13-7-4-8-14-24/h4-22H,23H2,1-3H3. The van der Waals surface area contributed by atoms with Crippen LogP contribution in [0.15, 0.2) is 115 Å². The van der Waals surface area contributed by atoms with E-state index in [9.17, 15) is 0 Å². The second-order valence-electron chi connectivity index (χ2n) is 9.01. The van der Waals surface area contributed by atoms with Gasteiger partial charge < -0.3 is 9.16 Å². The van der Waals surface area contributed by atoms with Crippen LogP contribution in [-0.4, -0.2) is 8.32 Å². The monoisotopic (exact) mass is 438 g/mol. The smallest absolute Gasteiger partial charge is 0.319 e. The molecule has 0 aliphatic rings. The largest absolute Gasteiger partial charge is 0.534 e. The first-order valence-corrected chi connectivity index (χ1v) is 13.0. The summed E-state index contributed by atoms with van der Waals surface area (Å²) in [6.07, 6.45) is 0. The van der Waals surface area contributed by atoms with E-state index in [4.69, 9.17) is 9.16 Å². The van der Waals surface area contributed by atoms with Crippen LogP contribution in [0.2, 0.25) is 5.04 Å². The minimum absolute atomic E-state index is 0.0712. The Morgan fingerprint density at radius 3 is 1.47 bits per heavy atom. The molecule has 0 amide bonds. The van der Waals surface area contributed by atoms with E-state index in [-0.39, 0.29) is 5.04 Å². The van der Waals surface area contributed by atoms with Gasteiger partial charge in [0.25, 0.3) is 0 Å². The van der Waals surface area contributed by atoms with E-state index in [1.807, 2.05) is 42.5 Å². The molecule has 4 aromatic carbocycles. The molecule has 0 aromatic heterocycles. The van der Waals surface area contributed by atoms with Gasteiger partial charge in [-0.2, -0.15) is 0 Å². The molecule has 0 spiro atoms. The Bertz CT molecular complexity index is 1060. The number of hydrogen-bond donors (Lipinski definition) is 0. The van der Waals surface area contributed by atoms with E-state index in [1.165, 1.54) is 10.4 Å². The van der Waals surface area contributed by atoms with Gasteiger partial charge in [0, 0.05) is 0 Å². The zero-order chi connectivity index (χ0) is 22.4. The predicted molar refractivity (Wildman–Crippen MR) is 135 cm³/mol. The molecule has 0 unspecified atom stereocenters. The van der Waals surface area contributed by atoms with Gasteiger partial charge in [0.2, 0.25) is 0 Å². The zero-order valence-corrected chi connectivity index (χ0v) is 20.0. The minimum Gasteiger partial charge on any atom is -0.534 e. The van der Waals surface area contributed by atoms with E-state index in [0.717, 1.165) is 17.1 Å². The molecule has 0 bridgehead atoms. The highest BCUT2D eigenvalue weighted by Crippen LogP contribution is 2.37. The van der Waals surface area contributed by atoms with Crippen LogP contribution in [0.1, 0.15) is 26.3 Å². The molecule has 162 valence electrons. The van der Waals surface area contributed by atoms with Crippen molar-refractivity contribution in [3.8, 4) is 11.5 Å². The molecule has 0 saturated heterocycles. The van der Waals surface area contributed by atoms with Crippen LogP contribution in [0.4, 0.5) is 0 Å². The summed E-state index contributed by atoms with van der Waals surface area (Å²) in [6, 6.07) is 39.7. The van der Waals surface area contributed by atoms with Gasteiger partial charge in [-0.1, -0.05) is 112 Å². The number of rotatable bonds is 7. The van der Waals surface area contributed by atoms with Crippen LogP contribution >= 0.6 is 0 Å². The predicted octanol–water partition coefficient (Wildman–Crippen LogP) is 6.20. The van der Waals surface area contributed by atoms with Gasteiger partial charge in [0.1, 0.15) is 18.1 Å². The topological polar surface area (TPSA) is 18.5 Å². The Kier molecular flexibility index (Phi) is 6.47. The SMILES string of the molecule is CC(C)(C)[Si](Oc1ccc(OCc2ccccc2)cc1)(c1ccccc1)c1ccccc1. The van der Waals surface area contributed by atoms with Gasteiger partial charge in [-0.05, 0) is 45.2 Å². The second-order valence-corrected chi connectivity index (χ2v) is 13.2. The number of hydrogen-bond acceptors (Lipinski definition) is 2. The summed E-state index contributed by atoms with van der Waals surface area (Å²) in [7, 11) is -2.62. The fourth-order valence-electron chi connectivity index (χ4n) is 4.17. The number of ether oxygens (including phenoxy) is 1. The molecule has 0 fully saturated rings. The Morgan fingerprint density at radius 2 is 1.00 bits per heavy atom. The van der Waals surface area contributed by atoms with Crippen molar-refractivity contribution >= 4 is 18.7 Å². The van der Waals surface area contributed by atoms with E-state index in [2.05, 4.69) is 93.6 Å². The minimum atomic E-state index is -2.62. The van der Waals surface area contributed by atoms with Crippen LogP contribution in [-0.2, 0) is 6.61 Å². The highest BCUT2D eigenvalue weighted by atomic mass is 28.4. The molecule has 2 nitrogen and oxygen atoms in total. The molecule has 0 saturated carbocycles. The molecule has 0 N–H and O–H groups in total. The van der Waals surface area contributed by atoms with E-state index >= 15 is 0 Å². The van der Waals surface area contributed by atoms with Crippen LogP contribution in [0.3, 0.4) is 0 Å². The highest BCUT2D eigenvalue weighted by Gasteiger charge is 2.52. The molecule has 0 heterocycles. The summed E-state index contributed by atoms with van der Waals surface area (Å²) in [5, 5.41) is 2.46. The molecule has 0 aliphatic heterocycles. The quantitative estimate of drug-likeness (QED) is 0.320. The molecular formula is C29H30O2Si. The first-order valence-electron chi connectivity index (χ1n) is 11.1. The Hall–Kier alpha value is -3.30. The van der Waals surface area contributed by atoms with Gasteiger partial charge in [-0.15, -0.1) is 0 Å². The summed E-state index contributed by atoms with van der Waals surface area (Å²) in [6.45, 7) is 7.42. The Balaban J connectivity index is 1.66. The number of benzene rings is 4. The van der Waals surface area contributed by atoms with Crippen LogP contribution < -0.4 is 19.5 Å². The van der Waals surface area contributed by atoms with Crippen LogP contribution in [0, 0.1) is 0 Å². The summed E-state index contributed by atoms with van der Waals surface area (Å²) >= 11 is 0. The van der Waals surface area contributed by atoms with Gasteiger partial charge in [0.05, 0.1) is 0 Å². The van der Waals surface area contributed by atoms with Crippen molar-refractivity contribution in [3.05, 3.63) is 121 Å². The van der Waals surface area contributed by atoms with Crippen molar-refractivity contribution in [2.24, 2.45) is 0 Å². The van der Waals surface area contributed by atoms with Crippen molar-refractivity contribution in [2.75, 3.05) is 0 Å². The lowest BCUT2D eigenvalue weighted by Gasteiger charge is -2.43. The summed E-state index contributed by atoms with van der Waals surface area (Å²) in [5.41, 5.74) is 1.15. The molecule has 0 radical (unpaired) electrons. The lowest BCUT2D eigenvalue weighted by molar-refractivity contribution is 0.306. The lowest BCUT2D eigenvalue weighted by atomic mass is 10.2. The average molecular weight is 439 g/mol. The maximum absolute atomic E-state index is 7.04. The molecule has 0 atom stereocenters. The van der Waals surface area contributed by atoms with Gasteiger partial charge >= 0.3 is 8.32 Å². The fourth-order valence-corrected chi connectivity index (χ4v) is 8.59. The Labute approximate surface area is 192 Å². The van der Waals surface area contributed by atoms with Crippen molar-refractivity contribution in [1.29, 1.82) is 0 Å². The Morgan fingerprint density at radius 1 is 0.562 bits per heavy atom. The normalized spacial score (nSPS) is 11.7. The van der Waals surface area contributed by atoms with Gasteiger partial charge in [-0.25, -0.2) is 0 Å².